The van der Waals surface area contributed by atoms with Gasteiger partial charge in [0.05, 0.1) is 20.9 Å². The molecule has 0 bridgehead atoms. The zero-order valence-electron chi connectivity index (χ0n) is 21.7. The van der Waals surface area contributed by atoms with Gasteiger partial charge in [0.15, 0.2) is 0 Å². The van der Waals surface area contributed by atoms with Crippen LogP contribution in [0.4, 0.5) is 0 Å². The molecule has 4 heteroatoms. The Morgan fingerprint density at radius 3 is 2.36 bits per heavy atom. The van der Waals surface area contributed by atoms with Gasteiger partial charge in [-0.3, -0.25) is 4.98 Å². The molecule has 0 atom stereocenters. The molecular weight excluding hydrogens is 460 g/mol. The second kappa shape index (κ2) is 8.28. The SMILES string of the molecule is Cc1nc2cc3oc4c(-c5cc(-c6c(C)cccc6C)c(CC(C)(C)C)cn5)cccc4c3cc2s1. The van der Waals surface area contributed by atoms with Crippen molar-refractivity contribution in [1.82, 2.24) is 9.97 Å². The number of nitrogens with zero attached hydrogens (tertiary/aromatic N) is 2. The quantitative estimate of drug-likeness (QED) is 0.248. The number of benzene rings is 3. The lowest BCUT2D eigenvalue weighted by atomic mass is 9.83. The molecule has 0 N–H and O–H groups in total. The summed E-state index contributed by atoms with van der Waals surface area (Å²) in [6.45, 7) is 13.3. The van der Waals surface area contributed by atoms with Gasteiger partial charge in [0.25, 0.3) is 0 Å². The Morgan fingerprint density at radius 1 is 0.861 bits per heavy atom. The predicted molar refractivity (Wildman–Crippen MR) is 153 cm³/mol. The second-order valence-electron chi connectivity index (χ2n) is 11.1. The summed E-state index contributed by atoms with van der Waals surface area (Å²) in [5.74, 6) is 0. The van der Waals surface area contributed by atoms with E-state index in [9.17, 15) is 0 Å². The minimum atomic E-state index is 0.159. The number of fused-ring (bicyclic) bond motifs is 4. The van der Waals surface area contributed by atoms with Crippen LogP contribution < -0.4 is 0 Å². The molecule has 3 aromatic carbocycles. The Morgan fingerprint density at radius 2 is 1.61 bits per heavy atom. The van der Waals surface area contributed by atoms with Gasteiger partial charge in [0.2, 0.25) is 0 Å². The Hall–Kier alpha value is -3.50. The number of para-hydroxylation sites is 1. The average Bonchev–Trinajstić information content (AvgIpc) is 3.35. The number of pyridine rings is 1. The molecule has 0 saturated carbocycles. The van der Waals surface area contributed by atoms with E-state index in [0.717, 1.165) is 50.1 Å². The first-order valence-electron chi connectivity index (χ1n) is 12.5. The van der Waals surface area contributed by atoms with Crippen LogP contribution in [0.3, 0.4) is 0 Å². The first-order chi connectivity index (χ1) is 17.2. The van der Waals surface area contributed by atoms with Crippen LogP contribution in [0, 0.1) is 26.2 Å². The summed E-state index contributed by atoms with van der Waals surface area (Å²) in [7, 11) is 0. The monoisotopic (exact) mass is 490 g/mol. The number of hydrogen-bond donors (Lipinski definition) is 0. The van der Waals surface area contributed by atoms with E-state index in [1.807, 2.05) is 6.92 Å². The highest BCUT2D eigenvalue weighted by molar-refractivity contribution is 7.18. The fraction of sp³-hybridized carbons (Fsp3) is 0.250. The fourth-order valence-corrected chi connectivity index (χ4v) is 6.20. The minimum Gasteiger partial charge on any atom is -0.455 e. The molecule has 3 heterocycles. The number of aryl methyl sites for hydroxylation is 3. The Labute approximate surface area is 215 Å². The maximum absolute atomic E-state index is 6.48. The number of aromatic nitrogens is 2. The Kier molecular flexibility index (Phi) is 5.27. The molecule has 0 aliphatic carbocycles. The van der Waals surface area contributed by atoms with Crippen LogP contribution in [-0.2, 0) is 6.42 Å². The average molecular weight is 491 g/mol. The molecule has 0 amide bonds. The summed E-state index contributed by atoms with van der Waals surface area (Å²) in [5, 5.41) is 3.31. The summed E-state index contributed by atoms with van der Waals surface area (Å²) >= 11 is 1.72. The molecule has 6 rings (SSSR count). The highest BCUT2D eigenvalue weighted by atomic mass is 32.1. The topological polar surface area (TPSA) is 38.9 Å². The number of rotatable bonds is 3. The van der Waals surface area contributed by atoms with E-state index < -0.39 is 0 Å². The normalized spacial score (nSPS) is 12.3. The van der Waals surface area contributed by atoms with E-state index in [0.29, 0.717) is 0 Å². The molecule has 0 aliphatic heterocycles. The highest BCUT2D eigenvalue weighted by Crippen LogP contribution is 2.40. The van der Waals surface area contributed by atoms with Crippen molar-refractivity contribution in [2.45, 2.75) is 48.0 Å². The summed E-state index contributed by atoms with van der Waals surface area (Å²) in [5.41, 5.74) is 11.3. The standard InChI is InChI=1S/C32H30N2OS/c1-18-9-7-10-19(2)30(18)24-13-26(33-17-21(24)16-32(4,5)6)23-12-8-11-22-25-14-29-27(34-20(3)36-29)15-28(25)35-31(22)23/h7-15,17H,16H2,1-6H3. The molecule has 0 unspecified atom stereocenters. The molecule has 0 aliphatic rings. The van der Waals surface area contributed by atoms with E-state index in [-0.39, 0.29) is 5.41 Å². The van der Waals surface area contributed by atoms with Crippen LogP contribution in [0.25, 0.3) is 54.5 Å². The van der Waals surface area contributed by atoms with Crippen molar-refractivity contribution in [2.75, 3.05) is 0 Å². The lowest BCUT2D eigenvalue weighted by Crippen LogP contribution is -2.11. The fourth-order valence-electron chi connectivity index (χ4n) is 5.35. The molecule has 36 heavy (non-hydrogen) atoms. The van der Waals surface area contributed by atoms with Crippen LogP contribution in [0.1, 0.15) is 42.5 Å². The molecule has 180 valence electrons. The van der Waals surface area contributed by atoms with E-state index in [1.165, 1.54) is 32.5 Å². The summed E-state index contributed by atoms with van der Waals surface area (Å²) < 4.78 is 7.67. The van der Waals surface area contributed by atoms with Gasteiger partial charge in [-0.15, -0.1) is 11.3 Å². The van der Waals surface area contributed by atoms with Gasteiger partial charge >= 0.3 is 0 Å². The largest absolute Gasteiger partial charge is 0.455 e. The van der Waals surface area contributed by atoms with Gasteiger partial charge in [0.1, 0.15) is 11.2 Å². The van der Waals surface area contributed by atoms with Crippen molar-refractivity contribution < 1.29 is 4.42 Å². The number of hydrogen-bond acceptors (Lipinski definition) is 4. The third kappa shape index (κ3) is 3.90. The third-order valence-electron chi connectivity index (χ3n) is 6.85. The van der Waals surface area contributed by atoms with Crippen LogP contribution in [-0.4, -0.2) is 9.97 Å². The molecule has 3 nitrogen and oxygen atoms in total. The van der Waals surface area contributed by atoms with Crippen molar-refractivity contribution >= 4 is 43.5 Å². The van der Waals surface area contributed by atoms with Crippen LogP contribution in [0.2, 0.25) is 0 Å². The smallest absolute Gasteiger partial charge is 0.144 e. The zero-order chi connectivity index (χ0) is 25.2. The third-order valence-corrected chi connectivity index (χ3v) is 7.78. The van der Waals surface area contributed by atoms with Crippen molar-refractivity contribution in [3.63, 3.8) is 0 Å². The Balaban J connectivity index is 1.59. The van der Waals surface area contributed by atoms with Gasteiger partial charge in [-0.05, 0) is 78.6 Å². The lowest BCUT2D eigenvalue weighted by molar-refractivity contribution is 0.411. The Bertz CT molecular complexity index is 1760. The van der Waals surface area contributed by atoms with E-state index in [2.05, 4.69) is 100 Å². The summed E-state index contributed by atoms with van der Waals surface area (Å²) in [6.07, 6.45) is 3.04. The maximum Gasteiger partial charge on any atom is 0.144 e. The zero-order valence-corrected chi connectivity index (χ0v) is 22.5. The molecule has 0 fully saturated rings. The van der Waals surface area contributed by atoms with Crippen LogP contribution >= 0.6 is 11.3 Å². The van der Waals surface area contributed by atoms with Gasteiger partial charge in [-0.1, -0.05) is 51.1 Å². The van der Waals surface area contributed by atoms with Gasteiger partial charge in [-0.25, -0.2) is 4.98 Å². The van der Waals surface area contributed by atoms with Crippen molar-refractivity contribution in [1.29, 1.82) is 0 Å². The first kappa shape index (κ1) is 22.9. The van der Waals surface area contributed by atoms with Crippen molar-refractivity contribution in [3.8, 4) is 22.4 Å². The van der Waals surface area contributed by atoms with Crippen LogP contribution in [0.5, 0.6) is 0 Å². The summed E-state index contributed by atoms with van der Waals surface area (Å²) in [6, 6.07) is 19.5. The van der Waals surface area contributed by atoms with Crippen molar-refractivity contribution in [2.24, 2.45) is 5.41 Å². The molecule has 0 spiro atoms. The summed E-state index contributed by atoms with van der Waals surface area (Å²) in [4.78, 5) is 9.65. The molecular formula is C32H30N2OS. The van der Waals surface area contributed by atoms with E-state index in [4.69, 9.17) is 9.40 Å². The molecule has 0 radical (unpaired) electrons. The van der Waals surface area contributed by atoms with Gasteiger partial charge in [-0.2, -0.15) is 0 Å². The maximum atomic E-state index is 6.48. The molecule has 0 saturated heterocycles. The highest BCUT2D eigenvalue weighted by Gasteiger charge is 2.20. The molecule has 6 aromatic rings. The van der Waals surface area contributed by atoms with E-state index in [1.54, 1.807) is 11.3 Å². The van der Waals surface area contributed by atoms with Crippen LogP contribution in [0.15, 0.2) is 65.2 Å². The minimum absolute atomic E-state index is 0.159. The van der Waals surface area contributed by atoms with Gasteiger partial charge < -0.3 is 4.42 Å². The van der Waals surface area contributed by atoms with E-state index >= 15 is 0 Å². The molecule has 3 aromatic heterocycles. The first-order valence-corrected chi connectivity index (χ1v) is 13.3. The number of furan rings is 1. The number of thiazole rings is 1. The second-order valence-corrected chi connectivity index (χ2v) is 12.3. The lowest BCUT2D eigenvalue weighted by Gasteiger charge is -2.22. The predicted octanol–water partition coefficient (Wildman–Crippen LogP) is 9.44. The van der Waals surface area contributed by atoms with Gasteiger partial charge in [0, 0.05) is 28.6 Å². The van der Waals surface area contributed by atoms with Crippen molar-refractivity contribution in [3.05, 3.63) is 82.5 Å².